The number of anilines is 2. The van der Waals surface area contributed by atoms with Crippen LogP contribution in [0, 0.1) is 6.92 Å². The van der Waals surface area contributed by atoms with E-state index in [0.29, 0.717) is 6.04 Å². The summed E-state index contributed by atoms with van der Waals surface area (Å²) in [6.07, 6.45) is 1.11. The Labute approximate surface area is 117 Å². The first-order chi connectivity index (χ1) is 8.88. The summed E-state index contributed by atoms with van der Waals surface area (Å²) in [6.45, 7) is 11.5. The molecule has 1 heterocycles. The van der Waals surface area contributed by atoms with Crippen LogP contribution >= 0.6 is 0 Å². The molecule has 1 rings (SSSR count). The van der Waals surface area contributed by atoms with Gasteiger partial charge in [-0.2, -0.15) is 5.10 Å². The van der Waals surface area contributed by atoms with Crippen molar-refractivity contribution in [3.63, 3.8) is 0 Å². The van der Waals surface area contributed by atoms with Crippen LogP contribution in [0.15, 0.2) is 0 Å². The first kappa shape index (κ1) is 15.8. The fraction of sp³-hybridized carbons (Fsp3) is 0.786. The van der Waals surface area contributed by atoms with Crippen molar-refractivity contribution in [3.05, 3.63) is 5.69 Å². The van der Waals surface area contributed by atoms with Crippen LogP contribution in [0.1, 0.15) is 38.9 Å². The molecule has 1 aromatic rings. The summed E-state index contributed by atoms with van der Waals surface area (Å²) in [5.74, 6) is 1.08. The van der Waals surface area contributed by atoms with Crippen molar-refractivity contribution in [1.82, 2.24) is 14.7 Å². The lowest BCUT2D eigenvalue weighted by Gasteiger charge is -2.28. The summed E-state index contributed by atoms with van der Waals surface area (Å²) in [7, 11) is 4.19. The summed E-state index contributed by atoms with van der Waals surface area (Å²) in [4.78, 5) is 4.55. The van der Waals surface area contributed by atoms with E-state index >= 15 is 0 Å². The second kappa shape index (κ2) is 6.80. The lowest BCUT2D eigenvalue weighted by Crippen LogP contribution is -2.34. The Hall–Kier alpha value is -1.23. The molecule has 0 saturated carbocycles. The topological polar surface area (TPSA) is 50.3 Å². The van der Waals surface area contributed by atoms with Crippen LogP contribution in [0.2, 0.25) is 0 Å². The van der Waals surface area contributed by atoms with Gasteiger partial charge in [-0.05, 0) is 41.3 Å². The van der Waals surface area contributed by atoms with Crippen LogP contribution in [0.25, 0.3) is 0 Å². The SMILES string of the molecule is CCCN(CCN(C)C)c1c(N)c(C)nn1C(C)C. The van der Waals surface area contributed by atoms with E-state index in [4.69, 9.17) is 5.73 Å². The van der Waals surface area contributed by atoms with Gasteiger partial charge in [0.25, 0.3) is 0 Å². The van der Waals surface area contributed by atoms with Gasteiger partial charge in [0.05, 0.1) is 11.4 Å². The van der Waals surface area contributed by atoms with Crippen molar-refractivity contribution >= 4 is 11.5 Å². The number of hydrogen-bond donors (Lipinski definition) is 1. The van der Waals surface area contributed by atoms with Crippen LogP contribution in [-0.4, -0.2) is 48.4 Å². The Bertz CT molecular complexity index is 395. The minimum Gasteiger partial charge on any atom is -0.394 e. The van der Waals surface area contributed by atoms with Crippen molar-refractivity contribution in [2.24, 2.45) is 0 Å². The van der Waals surface area contributed by atoms with Crippen LogP contribution in [-0.2, 0) is 0 Å². The standard InChI is InChI=1S/C14H29N5/c1-7-8-18(10-9-17(5)6)14-13(15)12(4)16-19(14)11(2)3/h11H,7-10,15H2,1-6H3. The van der Waals surface area contributed by atoms with E-state index in [1.807, 2.05) is 6.92 Å². The summed E-state index contributed by atoms with van der Waals surface area (Å²) in [6, 6.07) is 0.324. The predicted octanol–water partition coefficient (Wildman–Crippen LogP) is 2.13. The molecule has 0 atom stereocenters. The lowest BCUT2D eigenvalue weighted by molar-refractivity contribution is 0.409. The summed E-state index contributed by atoms with van der Waals surface area (Å²) in [5, 5.41) is 4.58. The Morgan fingerprint density at radius 1 is 1.21 bits per heavy atom. The second-order valence-electron chi connectivity index (χ2n) is 5.65. The fourth-order valence-corrected chi connectivity index (χ4v) is 2.14. The second-order valence-corrected chi connectivity index (χ2v) is 5.65. The highest BCUT2D eigenvalue weighted by Gasteiger charge is 2.20. The molecule has 0 radical (unpaired) electrons. The molecular weight excluding hydrogens is 238 g/mol. The van der Waals surface area contributed by atoms with E-state index in [9.17, 15) is 0 Å². The molecular formula is C14H29N5. The number of nitrogens with two attached hydrogens (primary N) is 1. The van der Waals surface area contributed by atoms with E-state index < -0.39 is 0 Å². The molecule has 0 unspecified atom stereocenters. The Balaban J connectivity index is 3.06. The summed E-state index contributed by atoms with van der Waals surface area (Å²) >= 11 is 0. The molecule has 110 valence electrons. The molecule has 19 heavy (non-hydrogen) atoms. The van der Waals surface area contributed by atoms with Crippen LogP contribution in [0.3, 0.4) is 0 Å². The van der Waals surface area contributed by atoms with E-state index in [0.717, 1.165) is 43.3 Å². The van der Waals surface area contributed by atoms with Gasteiger partial charge in [-0.1, -0.05) is 6.92 Å². The summed E-state index contributed by atoms with van der Waals surface area (Å²) < 4.78 is 2.05. The number of likely N-dealkylation sites (N-methyl/N-ethyl adjacent to an activating group) is 1. The molecule has 5 heteroatoms. The number of aryl methyl sites for hydroxylation is 1. The molecule has 1 aromatic heterocycles. The quantitative estimate of drug-likeness (QED) is 0.822. The average molecular weight is 267 g/mol. The highest BCUT2D eigenvalue weighted by molar-refractivity contribution is 5.66. The van der Waals surface area contributed by atoms with Crippen molar-refractivity contribution < 1.29 is 0 Å². The van der Waals surface area contributed by atoms with Gasteiger partial charge in [0, 0.05) is 25.7 Å². The molecule has 0 fully saturated rings. The van der Waals surface area contributed by atoms with Crippen molar-refractivity contribution in [2.75, 3.05) is 44.4 Å². The molecule has 0 aromatic carbocycles. The first-order valence-electron chi connectivity index (χ1n) is 7.12. The molecule has 0 spiro atoms. The number of nitrogen functional groups attached to an aromatic ring is 1. The van der Waals surface area contributed by atoms with E-state index in [-0.39, 0.29) is 0 Å². The van der Waals surface area contributed by atoms with E-state index in [1.165, 1.54) is 0 Å². The average Bonchev–Trinajstić information content (AvgIpc) is 2.62. The third kappa shape index (κ3) is 3.86. The van der Waals surface area contributed by atoms with Crippen molar-refractivity contribution in [3.8, 4) is 0 Å². The molecule has 5 nitrogen and oxygen atoms in total. The van der Waals surface area contributed by atoms with Crippen molar-refractivity contribution in [1.29, 1.82) is 0 Å². The molecule has 0 aliphatic carbocycles. The largest absolute Gasteiger partial charge is 0.394 e. The van der Waals surface area contributed by atoms with Gasteiger partial charge in [-0.3, -0.25) is 0 Å². The maximum Gasteiger partial charge on any atom is 0.150 e. The van der Waals surface area contributed by atoms with Crippen LogP contribution < -0.4 is 10.6 Å². The van der Waals surface area contributed by atoms with Gasteiger partial charge < -0.3 is 15.5 Å². The Morgan fingerprint density at radius 2 is 1.84 bits per heavy atom. The molecule has 0 bridgehead atoms. The molecule has 2 N–H and O–H groups in total. The molecule has 0 aliphatic heterocycles. The van der Waals surface area contributed by atoms with Gasteiger partial charge in [0.1, 0.15) is 0 Å². The fourth-order valence-electron chi connectivity index (χ4n) is 2.14. The maximum absolute atomic E-state index is 6.24. The monoisotopic (exact) mass is 267 g/mol. The molecule has 0 amide bonds. The van der Waals surface area contributed by atoms with Gasteiger partial charge >= 0.3 is 0 Å². The smallest absolute Gasteiger partial charge is 0.150 e. The predicted molar refractivity (Wildman–Crippen MR) is 82.8 cm³/mol. The van der Waals surface area contributed by atoms with Crippen LogP contribution in [0.5, 0.6) is 0 Å². The van der Waals surface area contributed by atoms with Crippen LogP contribution in [0.4, 0.5) is 11.5 Å². The van der Waals surface area contributed by atoms with Gasteiger partial charge in [0.15, 0.2) is 5.82 Å². The lowest BCUT2D eigenvalue weighted by atomic mass is 10.3. The number of hydrogen-bond acceptors (Lipinski definition) is 4. The first-order valence-corrected chi connectivity index (χ1v) is 7.12. The van der Waals surface area contributed by atoms with Crippen molar-refractivity contribution in [2.45, 2.75) is 40.2 Å². The minimum atomic E-state index is 0.324. The highest BCUT2D eigenvalue weighted by atomic mass is 15.4. The van der Waals surface area contributed by atoms with Gasteiger partial charge in [0.2, 0.25) is 0 Å². The zero-order chi connectivity index (χ0) is 14.6. The third-order valence-electron chi connectivity index (χ3n) is 3.20. The zero-order valence-electron chi connectivity index (χ0n) is 13.3. The minimum absolute atomic E-state index is 0.324. The highest BCUT2D eigenvalue weighted by Crippen LogP contribution is 2.29. The summed E-state index contributed by atoms with van der Waals surface area (Å²) in [5.41, 5.74) is 7.99. The number of aromatic nitrogens is 2. The van der Waals surface area contributed by atoms with E-state index in [2.05, 4.69) is 54.4 Å². The molecule has 0 aliphatic rings. The third-order valence-corrected chi connectivity index (χ3v) is 3.20. The molecule has 0 saturated heterocycles. The Kier molecular flexibility index (Phi) is 5.66. The normalized spacial score (nSPS) is 11.6. The Morgan fingerprint density at radius 3 is 2.32 bits per heavy atom. The maximum atomic E-state index is 6.24. The zero-order valence-corrected chi connectivity index (χ0v) is 13.3. The van der Waals surface area contributed by atoms with E-state index in [1.54, 1.807) is 0 Å². The number of rotatable bonds is 7. The van der Waals surface area contributed by atoms with Gasteiger partial charge in [-0.15, -0.1) is 0 Å². The number of nitrogens with zero attached hydrogens (tertiary/aromatic N) is 4. The van der Waals surface area contributed by atoms with Gasteiger partial charge in [-0.25, -0.2) is 4.68 Å².